The number of aliphatic hydroxyl groups is 1. The molecule has 0 radical (unpaired) electrons. The zero-order chi connectivity index (χ0) is 14.7. The van der Waals surface area contributed by atoms with Crippen molar-refractivity contribution in [2.75, 3.05) is 7.11 Å². The molecule has 2 aromatic rings. The van der Waals surface area contributed by atoms with Crippen molar-refractivity contribution in [3.8, 4) is 5.75 Å². The number of rotatable bonds is 5. The number of halogens is 2. The number of ether oxygens (including phenoxy) is 1. The Morgan fingerprint density at radius 2 is 2.10 bits per heavy atom. The van der Waals surface area contributed by atoms with Crippen molar-refractivity contribution in [2.24, 2.45) is 0 Å². The van der Waals surface area contributed by atoms with Gasteiger partial charge in [-0.05, 0) is 24.6 Å². The van der Waals surface area contributed by atoms with Gasteiger partial charge in [0.05, 0.1) is 23.4 Å². The maximum atomic E-state index is 10.4. The molecule has 0 fully saturated rings. The normalized spacial score (nSPS) is 12.4. The summed E-state index contributed by atoms with van der Waals surface area (Å²) in [6.07, 6.45) is 1.31. The molecule has 20 heavy (non-hydrogen) atoms. The van der Waals surface area contributed by atoms with Gasteiger partial charge in [0.1, 0.15) is 11.8 Å². The van der Waals surface area contributed by atoms with Crippen LogP contribution in [0.1, 0.15) is 24.3 Å². The summed E-state index contributed by atoms with van der Waals surface area (Å²) in [7, 11) is 1.56. The van der Waals surface area contributed by atoms with Gasteiger partial charge in [-0.1, -0.05) is 29.3 Å². The highest BCUT2D eigenvalue weighted by atomic mass is 35.5. The van der Waals surface area contributed by atoms with Crippen LogP contribution in [0.15, 0.2) is 24.4 Å². The summed E-state index contributed by atoms with van der Waals surface area (Å²) in [5, 5.41) is 15.6. The van der Waals surface area contributed by atoms with Crippen LogP contribution in [0.2, 0.25) is 10.0 Å². The monoisotopic (exact) mass is 314 g/mol. The summed E-state index contributed by atoms with van der Waals surface area (Å²) in [5.41, 5.74) is 1.57. The summed E-state index contributed by atoms with van der Waals surface area (Å²) < 4.78 is 6.96. The van der Waals surface area contributed by atoms with Gasteiger partial charge in [0.15, 0.2) is 5.75 Å². The van der Waals surface area contributed by atoms with E-state index < -0.39 is 6.10 Å². The highest BCUT2D eigenvalue weighted by molar-refractivity contribution is 6.42. The van der Waals surface area contributed by atoms with Gasteiger partial charge in [-0.3, -0.25) is 4.68 Å². The van der Waals surface area contributed by atoms with Gasteiger partial charge in [-0.2, -0.15) is 5.10 Å². The first-order chi connectivity index (χ1) is 9.56. The van der Waals surface area contributed by atoms with E-state index in [0.29, 0.717) is 34.5 Å². The first-order valence-electron chi connectivity index (χ1n) is 6.28. The van der Waals surface area contributed by atoms with Crippen LogP contribution in [0.3, 0.4) is 0 Å². The second-order valence-corrected chi connectivity index (χ2v) is 5.20. The van der Waals surface area contributed by atoms with Gasteiger partial charge in [0, 0.05) is 13.0 Å². The van der Waals surface area contributed by atoms with E-state index in [1.165, 1.54) is 0 Å². The van der Waals surface area contributed by atoms with E-state index in [2.05, 4.69) is 5.10 Å². The SMILES string of the molecule is CCn1ncc(OC)c1C(O)Cc1ccc(Cl)c(Cl)c1. The predicted molar refractivity (Wildman–Crippen MR) is 79.6 cm³/mol. The van der Waals surface area contributed by atoms with Gasteiger partial charge in [-0.15, -0.1) is 0 Å². The predicted octanol–water partition coefficient (Wildman–Crippen LogP) is 3.49. The molecule has 1 aromatic heterocycles. The number of methoxy groups -OCH3 is 1. The Balaban J connectivity index is 2.25. The van der Waals surface area contributed by atoms with Crippen LogP contribution < -0.4 is 4.74 Å². The largest absolute Gasteiger partial charge is 0.493 e. The second-order valence-electron chi connectivity index (χ2n) is 4.38. The molecule has 1 N–H and O–H groups in total. The molecule has 0 aliphatic carbocycles. The minimum Gasteiger partial charge on any atom is -0.493 e. The summed E-state index contributed by atoms with van der Waals surface area (Å²) >= 11 is 11.9. The molecule has 1 atom stereocenters. The Bertz CT molecular complexity index is 577. The van der Waals surface area contributed by atoms with Gasteiger partial charge >= 0.3 is 0 Å². The van der Waals surface area contributed by atoms with Crippen LogP contribution in [0.25, 0.3) is 0 Å². The first kappa shape index (κ1) is 15.2. The summed E-state index contributed by atoms with van der Waals surface area (Å²) in [6, 6.07) is 5.32. The maximum Gasteiger partial charge on any atom is 0.162 e. The quantitative estimate of drug-likeness (QED) is 0.919. The third-order valence-corrected chi connectivity index (χ3v) is 3.83. The fourth-order valence-corrected chi connectivity index (χ4v) is 2.43. The number of aromatic nitrogens is 2. The first-order valence-corrected chi connectivity index (χ1v) is 7.04. The van der Waals surface area contributed by atoms with Crippen molar-refractivity contribution < 1.29 is 9.84 Å². The van der Waals surface area contributed by atoms with Gasteiger partial charge in [-0.25, -0.2) is 0 Å². The molecule has 0 bridgehead atoms. The van der Waals surface area contributed by atoms with Crippen LogP contribution in [-0.4, -0.2) is 22.0 Å². The van der Waals surface area contributed by atoms with Crippen LogP contribution in [0, 0.1) is 0 Å². The lowest BCUT2D eigenvalue weighted by Crippen LogP contribution is -2.11. The molecule has 0 amide bonds. The van der Waals surface area contributed by atoms with Crippen molar-refractivity contribution in [2.45, 2.75) is 26.0 Å². The highest BCUT2D eigenvalue weighted by Gasteiger charge is 2.20. The average Bonchev–Trinajstić information content (AvgIpc) is 2.86. The fourth-order valence-electron chi connectivity index (χ4n) is 2.11. The van der Waals surface area contributed by atoms with E-state index in [-0.39, 0.29) is 0 Å². The molecule has 0 aliphatic rings. The topological polar surface area (TPSA) is 47.3 Å². The molecule has 0 saturated heterocycles. The molecule has 1 unspecified atom stereocenters. The molecular formula is C14H16Cl2N2O2. The molecule has 4 nitrogen and oxygen atoms in total. The van der Waals surface area contributed by atoms with E-state index >= 15 is 0 Å². The average molecular weight is 315 g/mol. The van der Waals surface area contributed by atoms with Crippen LogP contribution >= 0.6 is 23.2 Å². The molecular weight excluding hydrogens is 299 g/mol. The molecule has 0 aliphatic heterocycles. The Morgan fingerprint density at radius 3 is 2.70 bits per heavy atom. The van der Waals surface area contributed by atoms with E-state index in [0.717, 1.165) is 5.56 Å². The number of benzene rings is 1. The lowest BCUT2D eigenvalue weighted by atomic mass is 10.1. The van der Waals surface area contributed by atoms with Crippen LogP contribution in [0.4, 0.5) is 0 Å². The van der Waals surface area contributed by atoms with Crippen molar-refractivity contribution >= 4 is 23.2 Å². The Kier molecular flexibility index (Phi) is 4.91. The third-order valence-electron chi connectivity index (χ3n) is 3.09. The molecule has 1 heterocycles. The zero-order valence-corrected chi connectivity index (χ0v) is 12.8. The van der Waals surface area contributed by atoms with Crippen LogP contribution in [0.5, 0.6) is 5.75 Å². The van der Waals surface area contributed by atoms with E-state index in [1.807, 2.05) is 13.0 Å². The van der Waals surface area contributed by atoms with E-state index in [1.54, 1.807) is 30.1 Å². The Morgan fingerprint density at radius 1 is 1.35 bits per heavy atom. The van der Waals surface area contributed by atoms with Crippen molar-refractivity contribution in [1.29, 1.82) is 0 Å². The molecule has 6 heteroatoms. The zero-order valence-electron chi connectivity index (χ0n) is 11.3. The van der Waals surface area contributed by atoms with Gasteiger partial charge < -0.3 is 9.84 Å². The number of aliphatic hydroxyl groups excluding tert-OH is 1. The standard InChI is InChI=1S/C14H16Cl2N2O2/c1-3-18-14(13(20-2)8-17-18)12(19)7-9-4-5-10(15)11(16)6-9/h4-6,8,12,19H,3,7H2,1-2H3. The number of nitrogens with zero attached hydrogens (tertiary/aromatic N) is 2. The molecule has 0 spiro atoms. The summed E-state index contributed by atoms with van der Waals surface area (Å²) in [6.45, 7) is 2.62. The van der Waals surface area contributed by atoms with Crippen molar-refractivity contribution in [3.63, 3.8) is 0 Å². The van der Waals surface area contributed by atoms with Crippen LogP contribution in [-0.2, 0) is 13.0 Å². The molecule has 108 valence electrons. The smallest absolute Gasteiger partial charge is 0.162 e. The molecule has 1 aromatic carbocycles. The summed E-state index contributed by atoms with van der Waals surface area (Å²) in [4.78, 5) is 0. The van der Waals surface area contributed by atoms with Gasteiger partial charge in [0.2, 0.25) is 0 Å². The highest BCUT2D eigenvalue weighted by Crippen LogP contribution is 2.29. The fraction of sp³-hybridized carbons (Fsp3) is 0.357. The molecule has 0 saturated carbocycles. The Hall–Kier alpha value is -1.23. The number of hydrogen-bond acceptors (Lipinski definition) is 3. The number of aryl methyl sites for hydroxylation is 1. The van der Waals surface area contributed by atoms with Crippen molar-refractivity contribution in [1.82, 2.24) is 9.78 Å². The van der Waals surface area contributed by atoms with E-state index in [9.17, 15) is 5.11 Å². The second kappa shape index (κ2) is 6.48. The third kappa shape index (κ3) is 3.08. The Labute approximate surface area is 127 Å². The summed E-state index contributed by atoms with van der Waals surface area (Å²) in [5.74, 6) is 0.583. The number of hydrogen-bond donors (Lipinski definition) is 1. The molecule has 2 rings (SSSR count). The van der Waals surface area contributed by atoms with Gasteiger partial charge in [0.25, 0.3) is 0 Å². The maximum absolute atomic E-state index is 10.4. The van der Waals surface area contributed by atoms with Crippen molar-refractivity contribution in [3.05, 3.63) is 45.7 Å². The lowest BCUT2D eigenvalue weighted by Gasteiger charge is -2.14. The lowest BCUT2D eigenvalue weighted by molar-refractivity contribution is 0.162. The van der Waals surface area contributed by atoms with E-state index in [4.69, 9.17) is 27.9 Å². The minimum absolute atomic E-state index is 0.416. The minimum atomic E-state index is -0.718.